The summed E-state index contributed by atoms with van der Waals surface area (Å²) in [6.07, 6.45) is 2.14. The summed E-state index contributed by atoms with van der Waals surface area (Å²) in [5.74, 6) is -0.886. The van der Waals surface area contributed by atoms with Crippen molar-refractivity contribution in [3.63, 3.8) is 0 Å². The smallest absolute Gasteiger partial charge is 0.220 e. The van der Waals surface area contributed by atoms with E-state index in [4.69, 9.17) is 11.5 Å². The molecule has 0 fully saturated rings. The van der Waals surface area contributed by atoms with E-state index in [1.807, 2.05) is 30.3 Å². The number of primary amides is 2. The van der Waals surface area contributed by atoms with Crippen LogP contribution in [-0.2, 0) is 16.0 Å². The predicted molar refractivity (Wildman–Crippen MR) is 65.9 cm³/mol. The topological polar surface area (TPSA) is 86.2 Å². The lowest BCUT2D eigenvalue weighted by Crippen LogP contribution is -2.25. The highest BCUT2D eigenvalue weighted by molar-refractivity contribution is 5.77. The Morgan fingerprint density at radius 3 is 2.29 bits per heavy atom. The second-order valence-electron chi connectivity index (χ2n) is 4.15. The molecule has 4 nitrogen and oxygen atoms in total. The molecule has 1 aromatic rings. The summed E-state index contributed by atoms with van der Waals surface area (Å²) in [7, 11) is 0. The summed E-state index contributed by atoms with van der Waals surface area (Å²) in [5.41, 5.74) is 11.5. The first-order valence-corrected chi connectivity index (χ1v) is 5.71. The van der Waals surface area contributed by atoms with Gasteiger partial charge in [0.1, 0.15) is 0 Å². The molecule has 0 aliphatic heterocycles. The molecule has 0 saturated carbocycles. The fourth-order valence-electron chi connectivity index (χ4n) is 1.77. The van der Waals surface area contributed by atoms with Crippen LogP contribution in [0, 0.1) is 5.92 Å². The van der Waals surface area contributed by atoms with Crippen LogP contribution in [0.3, 0.4) is 0 Å². The van der Waals surface area contributed by atoms with Crippen LogP contribution >= 0.6 is 0 Å². The van der Waals surface area contributed by atoms with Crippen LogP contribution in [0.25, 0.3) is 0 Å². The third-order valence-corrected chi connectivity index (χ3v) is 2.70. The Labute approximate surface area is 101 Å². The van der Waals surface area contributed by atoms with Gasteiger partial charge in [-0.1, -0.05) is 30.3 Å². The van der Waals surface area contributed by atoms with Gasteiger partial charge in [-0.05, 0) is 24.8 Å². The molecule has 2 amide bonds. The van der Waals surface area contributed by atoms with Gasteiger partial charge >= 0.3 is 0 Å². The molecule has 4 N–H and O–H groups in total. The van der Waals surface area contributed by atoms with Crippen molar-refractivity contribution >= 4 is 11.8 Å². The summed E-state index contributed by atoms with van der Waals surface area (Å²) in [6.45, 7) is 0. The van der Waals surface area contributed by atoms with Crippen LogP contribution in [0.1, 0.15) is 24.8 Å². The summed E-state index contributed by atoms with van der Waals surface area (Å²) >= 11 is 0. The molecule has 0 aliphatic carbocycles. The number of amides is 2. The minimum Gasteiger partial charge on any atom is -0.370 e. The van der Waals surface area contributed by atoms with Crippen LogP contribution < -0.4 is 11.5 Å². The van der Waals surface area contributed by atoms with Gasteiger partial charge in [0.05, 0.1) is 0 Å². The summed E-state index contributed by atoms with van der Waals surface area (Å²) < 4.78 is 0. The molecule has 0 heterocycles. The maximum Gasteiger partial charge on any atom is 0.220 e. The fraction of sp³-hybridized carbons (Fsp3) is 0.385. The molecule has 17 heavy (non-hydrogen) atoms. The van der Waals surface area contributed by atoms with Crippen LogP contribution in [0.4, 0.5) is 0 Å². The second kappa shape index (κ2) is 6.68. The Balaban J connectivity index is 2.49. The number of hydrogen-bond acceptors (Lipinski definition) is 2. The van der Waals surface area contributed by atoms with E-state index < -0.39 is 0 Å². The molecule has 0 radical (unpaired) electrons. The Morgan fingerprint density at radius 2 is 1.76 bits per heavy atom. The zero-order valence-corrected chi connectivity index (χ0v) is 9.76. The van der Waals surface area contributed by atoms with Crippen molar-refractivity contribution in [3.8, 4) is 0 Å². The third-order valence-electron chi connectivity index (χ3n) is 2.70. The Bertz CT molecular complexity index is 376. The van der Waals surface area contributed by atoms with Gasteiger partial charge in [-0.25, -0.2) is 0 Å². The van der Waals surface area contributed by atoms with E-state index in [1.54, 1.807) is 0 Å². The molecule has 0 saturated heterocycles. The van der Waals surface area contributed by atoms with Crippen molar-refractivity contribution in [1.29, 1.82) is 0 Å². The van der Waals surface area contributed by atoms with E-state index in [-0.39, 0.29) is 17.7 Å². The van der Waals surface area contributed by atoms with E-state index in [2.05, 4.69) is 0 Å². The van der Waals surface area contributed by atoms with E-state index in [0.717, 1.165) is 5.56 Å². The average Bonchev–Trinajstić information content (AvgIpc) is 2.28. The number of carbonyl (C=O) groups is 2. The maximum atomic E-state index is 11.3. The minimum atomic E-state index is -0.340. The quantitative estimate of drug-likeness (QED) is 0.737. The lowest BCUT2D eigenvalue weighted by atomic mass is 9.93. The number of hydrogen-bond donors (Lipinski definition) is 2. The van der Waals surface area contributed by atoms with E-state index in [1.165, 1.54) is 0 Å². The van der Waals surface area contributed by atoms with Gasteiger partial charge in [0.2, 0.25) is 11.8 Å². The zero-order valence-electron chi connectivity index (χ0n) is 9.76. The molecular formula is C13H18N2O2. The fourth-order valence-corrected chi connectivity index (χ4v) is 1.77. The Kier molecular flexibility index (Phi) is 5.20. The Hall–Kier alpha value is -1.84. The van der Waals surface area contributed by atoms with Crippen molar-refractivity contribution in [1.82, 2.24) is 0 Å². The molecule has 1 aromatic carbocycles. The van der Waals surface area contributed by atoms with Gasteiger partial charge in [-0.2, -0.15) is 0 Å². The van der Waals surface area contributed by atoms with E-state index >= 15 is 0 Å². The summed E-state index contributed by atoms with van der Waals surface area (Å²) in [6, 6.07) is 9.71. The van der Waals surface area contributed by atoms with Crippen LogP contribution in [0.2, 0.25) is 0 Å². The normalized spacial score (nSPS) is 12.0. The van der Waals surface area contributed by atoms with Gasteiger partial charge in [-0.3, -0.25) is 9.59 Å². The molecule has 0 spiro atoms. The zero-order chi connectivity index (χ0) is 12.7. The van der Waals surface area contributed by atoms with Crippen LogP contribution in [0.5, 0.6) is 0 Å². The molecular weight excluding hydrogens is 216 g/mol. The van der Waals surface area contributed by atoms with Crippen LogP contribution in [-0.4, -0.2) is 11.8 Å². The van der Waals surface area contributed by atoms with Gasteiger partial charge in [0.25, 0.3) is 0 Å². The molecule has 4 heteroatoms. The number of carbonyl (C=O) groups excluding carboxylic acids is 2. The Morgan fingerprint density at radius 1 is 1.12 bits per heavy atom. The first-order valence-electron chi connectivity index (χ1n) is 5.71. The first-order chi connectivity index (χ1) is 8.09. The SMILES string of the molecule is NC(=O)CCCC(Cc1ccccc1)C(N)=O. The average molecular weight is 234 g/mol. The van der Waals surface area contributed by atoms with Crippen molar-refractivity contribution in [2.24, 2.45) is 17.4 Å². The van der Waals surface area contributed by atoms with E-state index in [9.17, 15) is 9.59 Å². The molecule has 1 rings (SSSR count). The highest BCUT2D eigenvalue weighted by Gasteiger charge is 2.15. The van der Waals surface area contributed by atoms with Crippen molar-refractivity contribution in [2.45, 2.75) is 25.7 Å². The number of nitrogens with two attached hydrogens (primary N) is 2. The molecule has 0 bridgehead atoms. The van der Waals surface area contributed by atoms with Gasteiger partial charge in [0.15, 0.2) is 0 Å². The lowest BCUT2D eigenvalue weighted by Gasteiger charge is -2.12. The molecule has 0 aliphatic rings. The molecule has 92 valence electrons. The minimum absolute atomic E-state index is 0.225. The monoisotopic (exact) mass is 234 g/mol. The summed E-state index contributed by atoms with van der Waals surface area (Å²) in [4.78, 5) is 21.9. The molecule has 0 aromatic heterocycles. The standard InChI is InChI=1S/C13H18N2O2/c14-12(16)8-4-7-11(13(15)17)9-10-5-2-1-3-6-10/h1-3,5-6,11H,4,7-9H2,(H2,14,16)(H2,15,17). The highest BCUT2D eigenvalue weighted by atomic mass is 16.1. The third kappa shape index (κ3) is 5.15. The van der Waals surface area contributed by atoms with Crippen LogP contribution in [0.15, 0.2) is 30.3 Å². The first kappa shape index (κ1) is 13.2. The van der Waals surface area contributed by atoms with Gasteiger partial charge in [0, 0.05) is 12.3 Å². The summed E-state index contributed by atoms with van der Waals surface area (Å²) in [5, 5.41) is 0. The van der Waals surface area contributed by atoms with Crippen molar-refractivity contribution < 1.29 is 9.59 Å². The molecule has 1 unspecified atom stereocenters. The number of rotatable bonds is 7. The van der Waals surface area contributed by atoms with E-state index in [0.29, 0.717) is 25.7 Å². The predicted octanol–water partition coefficient (Wildman–Crippen LogP) is 0.986. The lowest BCUT2D eigenvalue weighted by molar-refractivity contribution is -0.122. The van der Waals surface area contributed by atoms with Crippen molar-refractivity contribution in [3.05, 3.63) is 35.9 Å². The highest BCUT2D eigenvalue weighted by Crippen LogP contribution is 2.14. The number of benzene rings is 1. The van der Waals surface area contributed by atoms with Gasteiger partial charge in [-0.15, -0.1) is 0 Å². The largest absolute Gasteiger partial charge is 0.370 e. The van der Waals surface area contributed by atoms with Gasteiger partial charge < -0.3 is 11.5 Å². The van der Waals surface area contributed by atoms with Crippen molar-refractivity contribution in [2.75, 3.05) is 0 Å². The molecule has 1 atom stereocenters. The second-order valence-corrected chi connectivity index (χ2v) is 4.15. The maximum absolute atomic E-state index is 11.3.